The Kier molecular flexibility index (Phi) is 4.60. The van der Waals surface area contributed by atoms with Gasteiger partial charge in [0, 0.05) is 23.9 Å². The predicted molar refractivity (Wildman–Crippen MR) is 89.6 cm³/mol. The first kappa shape index (κ1) is 15.5. The highest BCUT2D eigenvalue weighted by Crippen LogP contribution is 2.34. The summed E-state index contributed by atoms with van der Waals surface area (Å²) in [5.74, 6) is 0.716. The van der Waals surface area contributed by atoms with Gasteiger partial charge in [-0.15, -0.1) is 0 Å². The number of aryl methyl sites for hydroxylation is 1. The molecule has 0 radical (unpaired) electrons. The molecule has 0 saturated carbocycles. The molecule has 4 nitrogen and oxygen atoms in total. The average Bonchev–Trinajstić information content (AvgIpc) is 2.62. The van der Waals surface area contributed by atoms with Crippen molar-refractivity contribution in [1.29, 1.82) is 0 Å². The van der Waals surface area contributed by atoms with E-state index in [1.165, 1.54) is 0 Å². The Morgan fingerprint density at radius 2 is 1.96 bits per heavy atom. The molecule has 2 aromatic rings. The van der Waals surface area contributed by atoms with Crippen molar-refractivity contribution in [2.45, 2.75) is 32.2 Å². The maximum atomic E-state index is 12.9. The number of aromatic nitrogens is 1. The summed E-state index contributed by atoms with van der Waals surface area (Å²) >= 11 is 0. The highest BCUT2D eigenvalue weighted by molar-refractivity contribution is 5.94. The van der Waals surface area contributed by atoms with Crippen LogP contribution in [-0.4, -0.2) is 29.4 Å². The number of carbonyl (C=O) groups excluding carboxylic acids is 1. The highest BCUT2D eigenvalue weighted by Gasteiger charge is 2.29. The van der Waals surface area contributed by atoms with Crippen LogP contribution in [0.3, 0.4) is 0 Å². The number of piperidine rings is 1. The zero-order valence-electron chi connectivity index (χ0n) is 13.7. The van der Waals surface area contributed by atoms with E-state index >= 15 is 0 Å². The Hall–Kier alpha value is -2.36. The number of pyridine rings is 1. The minimum atomic E-state index is 0.0925. The fraction of sp³-hybridized carbons (Fsp3) is 0.368. The molecule has 0 unspecified atom stereocenters. The maximum absolute atomic E-state index is 12.9. The van der Waals surface area contributed by atoms with Gasteiger partial charge in [-0.05, 0) is 49.9 Å². The van der Waals surface area contributed by atoms with Gasteiger partial charge in [0.25, 0.3) is 5.91 Å². The van der Waals surface area contributed by atoms with Gasteiger partial charge in [-0.1, -0.05) is 18.2 Å². The molecule has 4 heteroatoms. The van der Waals surface area contributed by atoms with Crippen molar-refractivity contribution in [2.24, 2.45) is 0 Å². The quantitative estimate of drug-likeness (QED) is 0.866. The molecule has 1 atom stereocenters. The zero-order chi connectivity index (χ0) is 16.2. The van der Waals surface area contributed by atoms with Crippen LogP contribution in [0.1, 0.15) is 46.9 Å². The van der Waals surface area contributed by atoms with E-state index in [1.807, 2.05) is 54.3 Å². The molecule has 0 aliphatic carbocycles. The van der Waals surface area contributed by atoms with E-state index < -0.39 is 0 Å². The van der Waals surface area contributed by atoms with Gasteiger partial charge in [0.05, 0.1) is 13.2 Å². The number of rotatable bonds is 3. The normalized spacial score (nSPS) is 17.8. The number of benzene rings is 1. The summed E-state index contributed by atoms with van der Waals surface area (Å²) < 4.78 is 5.19. The van der Waals surface area contributed by atoms with Gasteiger partial charge in [-0.25, -0.2) is 4.98 Å². The number of methoxy groups -OCH3 is 1. The van der Waals surface area contributed by atoms with E-state index in [2.05, 4.69) is 4.98 Å². The Morgan fingerprint density at radius 3 is 2.65 bits per heavy atom. The van der Waals surface area contributed by atoms with Gasteiger partial charge in [0.2, 0.25) is 5.88 Å². The summed E-state index contributed by atoms with van der Waals surface area (Å²) in [7, 11) is 1.62. The third-order valence-corrected chi connectivity index (χ3v) is 4.45. The number of amides is 1. The molecule has 1 aromatic heterocycles. The van der Waals surface area contributed by atoms with Crippen molar-refractivity contribution in [2.75, 3.05) is 13.7 Å². The topological polar surface area (TPSA) is 42.4 Å². The van der Waals surface area contributed by atoms with Gasteiger partial charge in [-0.2, -0.15) is 0 Å². The van der Waals surface area contributed by atoms with Crippen LogP contribution in [0, 0.1) is 6.92 Å². The third-order valence-electron chi connectivity index (χ3n) is 4.45. The Labute approximate surface area is 137 Å². The SMILES string of the molecule is COc1ccc([C@H]2CCCCN2C(=O)c2ccccc2)c(C)n1. The van der Waals surface area contributed by atoms with Gasteiger partial charge in [0.15, 0.2) is 0 Å². The van der Waals surface area contributed by atoms with E-state index in [1.54, 1.807) is 7.11 Å². The predicted octanol–water partition coefficient (Wildman–Crippen LogP) is 3.77. The minimum absolute atomic E-state index is 0.0925. The number of hydrogen-bond donors (Lipinski definition) is 0. The van der Waals surface area contributed by atoms with E-state index in [9.17, 15) is 4.79 Å². The molecule has 1 aromatic carbocycles. The number of carbonyl (C=O) groups is 1. The average molecular weight is 310 g/mol. The van der Waals surface area contributed by atoms with Crippen LogP contribution in [0.15, 0.2) is 42.5 Å². The van der Waals surface area contributed by atoms with Crippen LogP contribution >= 0.6 is 0 Å². The number of nitrogens with zero attached hydrogens (tertiary/aromatic N) is 2. The molecule has 23 heavy (non-hydrogen) atoms. The lowest BCUT2D eigenvalue weighted by atomic mass is 9.93. The number of ether oxygens (including phenoxy) is 1. The molecule has 1 aliphatic rings. The van der Waals surface area contributed by atoms with E-state index in [0.717, 1.165) is 42.6 Å². The fourth-order valence-corrected chi connectivity index (χ4v) is 3.26. The maximum Gasteiger partial charge on any atom is 0.254 e. The first-order valence-corrected chi connectivity index (χ1v) is 8.08. The summed E-state index contributed by atoms with van der Waals surface area (Å²) in [5, 5.41) is 0. The van der Waals surface area contributed by atoms with Gasteiger partial charge in [0.1, 0.15) is 0 Å². The zero-order valence-corrected chi connectivity index (χ0v) is 13.7. The van der Waals surface area contributed by atoms with Crippen LogP contribution < -0.4 is 4.74 Å². The lowest BCUT2D eigenvalue weighted by Gasteiger charge is -2.36. The lowest BCUT2D eigenvalue weighted by Crippen LogP contribution is -2.38. The highest BCUT2D eigenvalue weighted by atomic mass is 16.5. The molecule has 1 fully saturated rings. The monoisotopic (exact) mass is 310 g/mol. The second-order valence-corrected chi connectivity index (χ2v) is 5.90. The molecule has 120 valence electrons. The van der Waals surface area contributed by atoms with Crippen LogP contribution in [0.2, 0.25) is 0 Å². The first-order chi connectivity index (χ1) is 11.2. The fourth-order valence-electron chi connectivity index (χ4n) is 3.26. The van der Waals surface area contributed by atoms with E-state index in [-0.39, 0.29) is 11.9 Å². The Morgan fingerprint density at radius 1 is 1.17 bits per heavy atom. The van der Waals surface area contributed by atoms with Crippen LogP contribution in [0.5, 0.6) is 5.88 Å². The third kappa shape index (κ3) is 3.21. The van der Waals surface area contributed by atoms with Crippen molar-refractivity contribution in [1.82, 2.24) is 9.88 Å². The minimum Gasteiger partial charge on any atom is -0.481 e. The molecular weight excluding hydrogens is 288 g/mol. The molecule has 1 amide bonds. The first-order valence-electron chi connectivity index (χ1n) is 8.08. The Bertz CT molecular complexity index is 685. The van der Waals surface area contributed by atoms with Gasteiger partial charge >= 0.3 is 0 Å². The molecule has 3 rings (SSSR count). The lowest BCUT2D eigenvalue weighted by molar-refractivity contribution is 0.0610. The summed E-state index contributed by atoms with van der Waals surface area (Å²) in [5.41, 5.74) is 2.80. The van der Waals surface area contributed by atoms with Crippen molar-refractivity contribution < 1.29 is 9.53 Å². The van der Waals surface area contributed by atoms with E-state index in [4.69, 9.17) is 4.74 Å². The number of likely N-dealkylation sites (tertiary alicyclic amines) is 1. The van der Waals surface area contributed by atoms with E-state index in [0.29, 0.717) is 5.88 Å². The van der Waals surface area contributed by atoms with Crippen molar-refractivity contribution in [3.05, 3.63) is 59.3 Å². The van der Waals surface area contributed by atoms with Gasteiger partial charge in [-0.3, -0.25) is 4.79 Å². The standard InChI is InChI=1S/C19H22N2O2/c1-14-16(11-12-18(20-14)23-2)17-10-6-7-13-21(17)19(22)15-8-4-3-5-9-15/h3-5,8-9,11-12,17H,6-7,10,13H2,1-2H3/t17-/m1/s1. The second-order valence-electron chi connectivity index (χ2n) is 5.90. The molecule has 1 saturated heterocycles. The smallest absolute Gasteiger partial charge is 0.254 e. The summed E-state index contributed by atoms with van der Waals surface area (Å²) in [4.78, 5) is 19.4. The summed E-state index contributed by atoms with van der Waals surface area (Å²) in [6.45, 7) is 2.78. The van der Waals surface area contributed by atoms with Crippen LogP contribution in [0.4, 0.5) is 0 Å². The molecular formula is C19H22N2O2. The van der Waals surface area contributed by atoms with Crippen LogP contribution in [0.25, 0.3) is 0 Å². The largest absolute Gasteiger partial charge is 0.481 e. The second kappa shape index (κ2) is 6.82. The molecule has 0 bridgehead atoms. The molecule has 0 spiro atoms. The van der Waals surface area contributed by atoms with Crippen molar-refractivity contribution in [3.63, 3.8) is 0 Å². The van der Waals surface area contributed by atoms with Crippen molar-refractivity contribution >= 4 is 5.91 Å². The van der Waals surface area contributed by atoms with Gasteiger partial charge < -0.3 is 9.64 Å². The molecule has 0 N–H and O–H groups in total. The molecule has 2 heterocycles. The number of hydrogen-bond acceptors (Lipinski definition) is 3. The van der Waals surface area contributed by atoms with Crippen LogP contribution in [-0.2, 0) is 0 Å². The Balaban J connectivity index is 1.91. The molecule has 1 aliphatic heterocycles. The summed E-state index contributed by atoms with van der Waals surface area (Å²) in [6.07, 6.45) is 3.17. The summed E-state index contributed by atoms with van der Waals surface area (Å²) in [6, 6.07) is 13.5. The van der Waals surface area contributed by atoms with Crippen molar-refractivity contribution in [3.8, 4) is 5.88 Å².